The lowest BCUT2D eigenvalue weighted by atomic mass is 10.2. The Morgan fingerprint density at radius 2 is 1.94 bits per heavy atom. The standard InChI is InChI=1S/C19H17F4N3O5S/c1-10-14(13(9-28-2)15(27)29-3)32-18-24-17(25-26(10)18)30-8-11-4-6-12(7-5-11)31-19(22,23)16(20)21/h4-7,9,16H,8H2,1-3H3/b13-9+. The van der Waals surface area contributed by atoms with Gasteiger partial charge in [-0.15, -0.1) is 5.10 Å². The van der Waals surface area contributed by atoms with Gasteiger partial charge in [0.1, 0.15) is 17.9 Å². The average molecular weight is 475 g/mol. The van der Waals surface area contributed by atoms with Crippen LogP contribution >= 0.6 is 11.3 Å². The molecule has 3 rings (SSSR count). The summed E-state index contributed by atoms with van der Waals surface area (Å²) in [6.07, 6.45) is -7.25. The van der Waals surface area contributed by atoms with Crippen LogP contribution in [0.5, 0.6) is 11.8 Å². The summed E-state index contributed by atoms with van der Waals surface area (Å²) in [5.74, 6) is -0.983. The molecule has 0 aliphatic rings. The molecule has 2 aromatic heterocycles. The van der Waals surface area contributed by atoms with Crippen molar-refractivity contribution in [3.05, 3.63) is 46.7 Å². The van der Waals surface area contributed by atoms with Gasteiger partial charge in [-0.3, -0.25) is 0 Å². The minimum atomic E-state index is -4.58. The molecule has 0 bridgehead atoms. The molecule has 0 aliphatic heterocycles. The number of fused-ring (bicyclic) bond motifs is 1. The first-order valence-electron chi connectivity index (χ1n) is 8.90. The van der Waals surface area contributed by atoms with Gasteiger partial charge < -0.3 is 18.9 Å². The number of hydrogen-bond acceptors (Lipinski definition) is 8. The van der Waals surface area contributed by atoms with E-state index >= 15 is 0 Å². The van der Waals surface area contributed by atoms with Crippen LogP contribution in [0.1, 0.15) is 16.1 Å². The molecule has 1 aromatic carbocycles. The minimum absolute atomic E-state index is 0.00769. The van der Waals surface area contributed by atoms with Crippen molar-refractivity contribution in [2.45, 2.75) is 26.1 Å². The first kappa shape index (κ1) is 23.3. The zero-order valence-corrected chi connectivity index (χ0v) is 17.8. The summed E-state index contributed by atoms with van der Waals surface area (Å²) in [5, 5.41) is 4.23. The maximum Gasteiger partial charge on any atom is 0.461 e. The number of ether oxygens (including phenoxy) is 4. The Labute approximate surface area is 183 Å². The molecule has 0 saturated heterocycles. The van der Waals surface area contributed by atoms with Crippen LogP contribution < -0.4 is 9.47 Å². The van der Waals surface area contributed by atoms with Crippen molar-refractivity contribution in [1.82, 2.24) is 14.6 Å². The van der Waals surface area contributed by atoms with Gasteiger partial charge in [-0.25, -0.2) is 9.31 Å². The summed E-state index contributed by atoms with van der Waals surface area (Å²) in [5.41, 5.74) is 1.37. The molecular weight excluding hydrogens is 458 g/mol. The van der Waals surface area contributed by atoms with Crippen LogP contribution in [0.4, 0.5) is 17.6 Å². The minimum Gasteiger partial charge on any atom is -0.503 e. The molecule has 3 aromatic rings. The Morgan fingerprint density at radius 3 is 2.50 bits per heavy atom. The van der Waals surface area contributed by atoms with E-state index in [0.717, 1.165) is 12.1 Å². The highest BCUT2D eigenvalue weighted by molar-refractivity contribution is 7.18. The Hall–Kier alpha value is -3.35. The van der Waals surface area contributed by atoms with Crippen molar-refractivity contribution in [3.63, 3.8) is 0 Å². The molecule has 0 radical (unpaired) electrons. The predicted molar refractivity (Wildman–Crippen MR) is 105 cm³/mol. The molecule has 0 atom stereocenters. The molecule has 0 fully saturated rings. The number of hydrogen-bond donors (Lipinski definition) is 0. The van der Waals surface area contributed by atoms with Crippen molar-refractivity contribution < 1.29 is 41.3 Å². The first-order valence-corrected chi connectivity index (χ1v) is 9.72. The summed E-state index contributed by atoms with van der Waals surface area (Å²) in [6, 6.07) is 5.07. The predicted octanol–water partition coefficient (Wildman–Crippen LogP) is 4.08. The average Bonchev–Trinajstić information content (AvgIpc) is 3.29. The number of alkyl halides is 4. The van der Waals surface area contributed by atoms with E-state index in [2.05, 4.69) is 14.8 Å². The zero-order valence-electron chi connectivity index (χ0n) is 17.0. The van der Waals surface area contributed by atoms with Crippen molar-refractivity contribution in [2.24, 2.45) is 0 Å². The van der Waals surface area contributed by atoms with Crippen molar-refractivity contribution in [1.29, 1.82) is 0 Å². The topological polar surface area (TPSA) is 84.2 Å². The van der Waals surface area contributed by atoms with Crippen molar-refractivity contribution in [2.75, 3.05) is 14.2 Å². The Morgan fingerprint density at radius 1 is 1.25 bits per heavy atom. The number of halogens is 4. The van der Waals surface area contributed by atoms with Gasteiger partial charge in [0.15, 0.2) is 0 Å². The lowest BCUT2D eigenvalue weighted by molar-refractivity contribution is -0.253. The Bertz CT molecular complexity index is 1130. The molecule has 8 nitrogen and oxygen atoms in total. The lowest BCUT2D eigenvalue weighted by Crippen LogP contribution is -2.33. The highest BCUT2D eigenvalue weighted by atomic mass is 32.1. The fourth-order valence-electron chi connectivity index (χ4n) is 2.56. The van der Waals surface area contributed by atoms with Gasteiger partial charge in [-0.1, -0.05) is 23.5 Å². The number of methoxy groups -OCH3 is 2. The summed E-state index contributed by atoms with van der Waals surface area (Å²) >= 11 is 1.18. The summed E-state index contributed by atoms with van der Waals surface area (Å²) in [4.78, 5) is 17.3. The number of esters is 1. The second-order valence-corrected chi connectivity index (χ2v) is 7.24. The van der Waals surface area contributed by atoms with Crippen molar-refractivity contribution in [3.8, 4) is 11.8 Å². The van der Waals surface area contributed by atoms with Crippen LogP contribution in [0.2, 0.25) is 0 Å². The quantitative estimate of drug-likeness (QED) is 0.200. The molecule has 0 N–H and O–H groups in total. The SMILES string of the molecule is CO/C=C(/C(=O)OC)c1sc2nc(OCc3ccc(OC(F)(F)C(F)F)cc3)nn2c1C. The van der Waals surface area contributed by atoms with E-state index in [0.29, 0.717) is 21.1 Å². The largest absolute Gasteiger partial charge is 0.503 e. The number of nitrogens with zero attached hydrogens (tertiary/aromatic N) is 3. The van der Waals surface area contributed by atoms with Gasteiger partial charge in [-0.2, -0.15) is 22.5 Å². The van der Waals surface area contributed by atoms with E-state index in [1.165, 1.54) is 48.5 Å². The van der Waals surface area contributed by atoms with E-state index in [-0.39, 0.29) is 18.2 Å². The molecular formula is C19H17F4N3O5S. The van der Waals surface area contributed by atoms with Crippen LogP contribution in [0, 0.1) is 6.92 Å². The first-order chi connectivity index (χ1) is 15.2. The second-order valence-electron chi connectivity index (χ2n) is 6.26. The molecule has 172 valence electrons. The monoisotopic (exact) mass is 475 g/mol. The van der Waals surface area contributed by atoms with Gasteiger partial charge in [0.05, 0.1) is 31.1 Å². The third kappa shape index (κ3) is 4.93. The van der Waals surface area contributed by atoms with Crippen molar-refractivity contribution >= 4 is 27.8 Å². The van der Waals surface area contributed by atoms with Crippen LogP contribution in [0.3, 0.4) is 0 Å². The van der Waals surface area contributed by atoms with Crippen LogP contribution in [0.15, 0.2) is 30.5 Å². The Kier molecular flexibility index (Phi) is 6.87. The molecule has 0 aliphatic carbocycles. The van der Waals surface area contributed by atoms with Crippen LogP contribution in [-0.2, 0) is 20.9 Å². The smallest absolute Gasteiger partial charge is 0.461 e. The number of carbonyl (C=O) groups excluding carboxylic acids is 1. The lowest BCUT2D eigenvalue weighted by Gasteiger charge is -2.16. The molecule has 0 spiro atoms. The molecule has 32 heavy (non-hydrogen) atoms. The number of carbonyl (C=O) groups is 1. The molecule has 0 saturated carbocycles. The second kappa shape index (κ2) is 9.42. The van der Waals surface area contributed by atoms with E-state index in [9.17, 15) is 22.4 Å². The highest BCUT2D eigenvalue weighted by Gasteiger charge is 2.43. The normalized spacial score (nSPS) is 12.3. The number of aryl methyl sites for hydroxylation is 1. The maximum atomic E-state index is 12.9. The molecule has 0 unspecified atom stereocenters. The van der Waals surface area contributed by atoms with Gasteiger partial charge in [0, 0.05) is 0 Å². The van der Waals surface area contributed by atoms with E-state index in [1.54, 1.807) is 6.92 Å². The number of aromatic nitrogens is 3. The summed E-state index contributed by atoms with van der Waals surface area (Å²) < 4.78 is 71.0. The van der Waals surface area contributed by atoms with E-state index in [1.807, 2.05) is 0 Å². The molecule has 2 heterocycles. The summed E-state index contributed by atoms with van der Waals surface area (Å²) in [6.45, 7) is 1.73. The number of rotatable bonds is 9. The van der Waals surface area contributed by atoms with Gasteiger partial charge in [-0.05, 0) is 24.6 Å². The van der Waals surface area contributed by atoms with E-state index < -0.39 is 24.3 Å². The summed E-state index contributed by atoms with van der Waals surface area (Å²) in [7, 11) is 2.66. The fourth-order valence-corrected chi connectivity index (χ4v) is 3.61. The third-order valence-corrected chi connectivity index (χ3v) is 5.25. The van der Waals surface area contributed by atoms with Gasteiger partial charge >= 0.3 is 24.5 Å². The fraction of sp³-hybridized carbons (Fsp3) is 0.316. The number of thiazole rings is 1. The van der Waals surface area contributed by atoms with Gasteiger partial charge in [0.2, 0.25) is 4.96 Å². The van der Waals surface area contributed by atoms with Crippen LogP contribution in [0.25, 0.3) is 10.5 Å². The molecule has 0 amide bonds. The van der Waals surface area contributed by atoms with Gasteiger partial charge in [0.25, 0.3) is 0 Å². The zero-order chi connectivity index (χ0) is 23.5. The Balaban J connectivity index is 1.70. The van der Waals surface area contributed by atoms with E-state index in [4.69, 9.17) is 14.2 Å². The highest BCUT2D eigenvalue weighted by Crippen LogP contribution is 2.31. The maximum absolute atomic E-state index is 12.9. The molecule has 13 heteroatoms. The third-order valence-electron chi connectivity index (χ3n) is 4.08. The number of benzene rings is 1. The van der Waals surface area contributed by atoms with Crippen LogP contribution in [-0.4, -0.2) is 47.3 Å².